The summed E-state index contributed by atoms with van der Waals surface area (Å²) in [6.45, 7) is 4.16. The minimum absolute atomic E-state index is 0.0110. The molecule has 1 rings (SSSR count). The summed E-state index contributed by atoms with van der Waals surface area (Å²) in [4.78, 5) is 24.4. The van der Waals surface area contributed by atoms with E-state index in [0.717, 1.165) is 12.8 Å². The minimum atomic E-state index is -0.0740. The summed E-state index contributed by atoms with van der Waals surface area (Å²) in [5, 5.41) is 9.35. The fraction of sp³-hybridized carbons (Fsp3) is 0.818. The van der Waals surface area contributed by atoms with Crippen LogP contribution in [-0.4, -0.2) is 45.5 Å². The molecule has 1 aliphatic rings. The number of nitrogens with zero attached hydrogens (tertiary/aromatic N) is 1. The number of rotatable bonds is 5. The predicted octanol–water partition coefficient (Wildman–Crippen LogP) is 1.03. The van der Waals surface area contributed by atoms with E-state index in [1.165, 1.54) is 18.7 Å². The molecule has 0 aliphatic carbocycles. The van der Waals surface area contributed by atoms with Gasteiger partial charge in [0.25, 0.3) is 0 Å². The van der Waals surface area contributed by atoms with E-state index in [9.17, 15) is 14.7 Å². The Hall–Kier alpha value is -0.550. The van der Waals surface area contributed by atoms with Crippen LogP contribution in [0.2, 0.25) is 0 Å². The normalized spacial score (nSPS) is 22.6. The maximum Gasteiger partial charge on any atom is 0.224 e. The van der Waals surface area contributed by atoms with Gasteiger partial charge in [0.1, 0.15) is 0 Å². The van der Waals surface area contributed by atoms with Crippen LogP contribution in [0.4, 0.5) is 0 Å². The first-order valence-electron chi connectivity index (χ1n) is 5.66. The third kappa shape index (κ3) is 3.49. The lowest BCUT2D eigenvalue weighted by Crippen LogP contribution is -2.39. The highest BCUT2D eigenvalue weighted by atomic mass is 32.2. The third-order valence-electron chi connectivity index (χ3n) is 2.73. The van der Waals surface area contributed by atoms with Crippen LogP contribution in [0.25, 0.3) is 0 Å². The van der Waals surface area contributed by atoms with Gasteiger partial charge in [-0.25, -0.2) is 0 Å². The second-order valence-corrected chi connectivity index (χ2v) is 5.58. The quantitative estimate of drug-likeness (QED) is 0.786. The van der Waals surface area contributed by atoms with E-state index in [1.54, 1.807) is 4.90 Å². The average Bonchev–Trinajstić information content (AvgIpc) is 2.55. The van der Waals surface area contributed by atoms with Crippen molar-refractivity contribution < 1.29 is 14.7 Å². The molecule has 0 bridgehead atoms. The van der Waals surface area contributed by atoms with Gasteiger partial charge in [0, 0.05) is 25.1 Å². The van der Waals surface area contributed by atoms with Gasteiger partial charge in [0.2, 0.25) is 5.91 Å². The molecule has 0 aromatic rings. The molecular weight excluding hydrogens is 226 g/mol. The fourth-order valence-corrected chi connectivity index (χ4v) is 2.97. The van der Waals surface area contributed by atoms with Gasteiger partial charge in [-0.2, -0.15) is 0 Å². The van der Waals surface area contributed by atoms with Crippen LogP contribution in [0, 0.1) is 0 Å². The smallest absolute Gasteiger partial charge is 0.224 e. The second-order valence-electron chi connectivity index (χ2n) is 4.11. The largest absolute Gasteiger partial charge is 0.394 e. The summed E-state index contributed by atoms with van der Waals surface area (Å²) in [7, 11) is 0. The van der Waals surface area contributed by atoms with Crippen molar-refractivity contribution in [1.82, 2.24) is 4.90 Å². The molecule has 0 aromatic heterocycles. The molecule has 2 unspecified atom stereocenters. The van der Waals surface area contributed by atoms with Gasteiger partial charge < -0.3 is 10.0 Å². The van der Waals surface area contributed by atoms with E-state index in [-0.39, 0.29) is 28.9 Å². The number of aliphatic hydroxyl groups excluding tert-OH is 1. The summed E-state index contributed by atoms with van der Waals surface area (Å²) in [5.41, 5.74) is 0. The number of hydrogen-bond donors (Lipinski definition) is 1. The molecule has 1 N–H and O–H groups in total. The predicted molar refractivity (Wildman–Crippen MR) is 64.2 cm³/mol. The van der Waals surface area contributed by atoms with E-state index in [2.05, 4.69) is 0 Å². The van der Waals surface area contributed by atoms with Gasteiger partial charge in [-0.1, -0.05) is 25.1 Å². The van der Waals surface area contributed by atoms with Crippen LogP contribution in [0.3, 0.4) is 0 Å². The van der Waals surface area contributed by atoms with Gasteiger partial charge in [0.05, 0.1) is 12.6 Å². The molecule has 0 saturated carbocycles. The highest BCUT2D eigenvalue weighted by molar-refractivity contribution is 8.14. The Morgan fingerprint density at radius 1 is 1.69 bits per heavy atom. The molecule has 0 radical (unpaired) electrons. The van der Waals surface area contributed by atoms with Crippen molar-refractivity contribution in [2.75, 3.05) is 13.2 Å². The molecule has 1 fully saturated rings. The lowest BCUT2D eigenvalue weighted by atomic mass is 10.1. The van der Waals surface area contributed by atoms with E-state index in [0.29, 0.717) is 13.0 Å². The highest BCUT2D eigenvalue weighted by Crippen LogP contribution is 2.26. The summed E-state index contributed by atoms with van der Waals surface area (Å²) in [6, 6.07) is -0.0740. The monoisotopic (exact) mass is 245 g/mol. The number of amides is 1. The van der Waals surface area contributed by atoms with Crippen molar-refractivity contribution in [2.45, 2.75) is 44.4 Å². The molecule has 2 atom stereocenters. The molecule has 1 aliphatic heterocycles. The summed E-state index contributed by atoms with van der Waals surface area (Å²) < 4.78 is 0. The third-order valence-corrected chi connectivity index (χ3v) is 3.71. The Kier molecular flexibility index (Phi) is 5.28. The van der Waals surface area contributed by atoms with Gasteiger partial charge in [0.15, 0.2) is 5.12 Å². The summed E-state index contributed by atoms with van der Waals surface area (Å²) >= 11 is 1.23. The first-order valence-corrected chi connectivity index (χ1v) is 6.54. The molecule has 0 spiro atoms. The van der Waals surface area contributed by atoms with E-state index in [4.69, 9.17) is 0 Å². The van der Waals surface area contributed by atoms with Gasteiger partial charge >= 0.3 is 0 Å². The zero-order chi connectivity index (χ0) is 12.1. The number of hydrogen-bond acceptors (Lipinski definition) is 4. The molecule has 4 nitrogen and oxygen atoms in total. The Morgan fingerprint density at radius 3 is 2.88 bits per heavy atom. The Balaban J connectivity index is 2.55. The number of carbonyl (C=O) groups is 2. The van der Waals surface area contributed by atoms with Crippen LogP contribution in [0.15, 0.2) is 0 Å². The molecule has 1 heterocycles. The van der Waals surface area contributed by atoms with Crippen LogP contribution in [0.1, 0.15) is 33.1 Å². The fourth-order valence-electron chi connectivity index (χ4n) is 2.04. The molecule has 16 heavy (non-hydrogen) atoms. The van der Waals surface area contributed by atoms with Crippen molar-refractivity contribution >= 4 is 22.8 Å². The van der Waals surface area contributed by atoms with Crippen molar-refractivity contribution in [3.8, 4) is 0 Å². The summed E-state index contributed by atoms with van der Waals surface area (Å²) in [6.07, 6.45) is 2.18. The molecule has 1 amide bonds. The summed E-state index contributed by atoms with van der Waals surface area (Å²) in [5.74, 6) is 0.0613. The molecule has 5 heteroatoms. The Bertz CT molecular complexity index is 270. The van der Waals surface area contributed by atoms with Crippen molar-refractivity contribution in [3.63, 3.8) is 0 Å². The first kappa shape index (κ1) is 13.5. The highest BCUT2D eigenvalue weighted by Gasteiger charge is 2.34. The number of aliphatic hydroxyl groups is 1. The van der Waals surface area contributed by atoms with Crippen LogP contribution in [0.5, 0.6) is 0 Å². The molecular formula is C11H19NO3S. The van der Waals surface area contributed by atoms with E-state index in [1.807, 2.05) is 6.92 Å². The molecule has 1 saturated heterocycles. The zero-order valence-corrected chi connectivity index (χ0v) is 10.6. The average molecular weight is 245 g/mol. The van der Waals surface area contributed by atoms with Gasteiger partial charge in [-0.3, -0.25) is 9.59 Å². The van der Waals surface area contributed by atoms with Crippen LogP contribution < -0.4 is 0 Å². The topological polar surface area (TPSA) is 57.6 Å². The SMILES string of the molecule is CCCC(CO)N1CC(SC(C)=O)CC1=O. The lowest BCUT2D eigenvalue weighted by molar-refractivity contribution is -0.130. The Labute approximate surface area is 100 Å². The van der Waals surface area contributed by atoms with Crippen molar-refractivity contribution in [1.29, 1.82) is 0 Å². The Morgan fingerprint density at radius 2 is 2.38 bits per heavy atom. The first-order chi connectivity index (χ1) is 7.58. The number of carbonyl (C=O) groups excluding carboxylic acids is 2. The molecule has 92 valence electrons. The van der Waals surface area contributed by atoms with E-state index < -0.39 is 0 Å². The standard InChI is InChI=1S/C11H19NO3S/c1-3-4-9(7-13)12-6-10(5-11(12)15)16-8(2)14/h9-10,13H,3-7H2,1-2H3. The lowest BCUT2D eigenvalue weighted by Gasteiger charge is -2.26. The second kappa shape index (κ2) is 6.25. The maximum absolute atomic E-state index is 11.7. The van der Waals surface area contributed by atoms with Crippen LogP contribution in [-0.2, 0) is 9.59 Å². The van der Waals surface area contributed by atoms with E-state index >= 15 is 0 Å². The van der Waals surface area contributed by atoms with Crippen LogP contribution >= 0.6 is 11.8 Å². The van der Waals surface area contributed by atoms with Gasteiger partial charge in [-0.15, -0.1) is 0 Å². The maximum atomic E-state index is 11.7. The zero-order valence-electron chi connectivity index (χ0n) is 9.81. The molecule has 0 aromatic carbocycles. The minimum Gasteiger partial charge on any atom is -0.394 e. The van der Waals surface area contributed by atoms with Crippen molar-refractivity contribution in [3.05, 3.63) is 0 Å². The number of thioether (sulfide) groups is 1. The van der Waals surface area contributed by atoms with Crippen molar-refractivity contribution in [2.24, 2.45) is 0 Å². The number of likely N-dealkylation sites (tertiary alicyclic amines) is 1. The van der Waals surface area contributed by atoms with Gasteiger partial charge in [-0.05, 0) is 6.42 Å².